The van der Waals surface area contributed by atoms with Gasteiger partial charge >= 0.3 is 0 Å². The summed E-state index contributed by atoms with van der Waals surface area (Å²) in [5.41, 5.74) is 6.15. The molecule has 0 N–H and O–H groups in total. The van der Waals surface area contributed by atoms with E-state index in [1.165, 1.54) is 0 Å². The molecule has 140 valence electrons. The molecule has 0 aromatic heterocycles. The van der Waals surface area contributed by atoms with Crippen LogP contribution >= 0.6 is 11.6 Å². The van der Waals surface area contributed by atoms with Gasteiger partial charge in [-0.15, -0.1) is 0 Å². The van der Waals surface area contributed by atoms with Crippen molar-refractivity contribution in [3.63, 3.8) is 0 Å². The lowest BCUT2D eigenvalue weighted by Gasteiger charge is -2.26. The lowest BCUT2D eigenvalue weighted by atomic mass is 9.96. The second-order valence-corrected chi connectivity index (χ2v) is 7.22. The van der Waals surface area contributed by atoms with E-state index < -0.39 is 0 Å². The molecule has 0 spiro atoms. The van der Waals surface area contributed by atoms with E-state index in [4.69, 9.17) is 16.3 Å². The number of nitrogens with zero attached hydrogens (tertiary/aromatic N) is 1. The van der Waals surface area contributed by atoms with Gasteiger partial charge in [0.2, 0.25) is 5.91 Å². The van der Waals surface area contributed by atoms with E-state index in [1.54, 1.807) is 18.9 Å². The van der Waals surface area contributed by atoms with Crippen LogP contribution in [0.2, 0.25) is 5.02 Å². The summed E-state index contributed by atoms with van der Waals surface area (Å²) in [6.45, 7) is 2.09. The van der Waals surface area contributed by atoms with Crippen LogP contribution in [0.25, 0.3) is 23.3 Å². The molecular formula is C24H20ClNO2. The number of amides is 1. The monoisotopic (exact) mass is 389 g/mol. The molecule has 1 amide bonds. The van der Waals surface area contributed by atoms with Gasteiger partial charge in [0.1, 0.15) is 5.75 Å². The number of hydrogen-bond donors (Lipinski definition) is 0. The number of halogens is 1. The Kier molecular flexibility index (Phi) is 4.93. The largest absolute Gasteiger partial charge is 0.497 e. The van der Waals surface area contributed by atoms with Gasteiger partial charge in [-0.2, -0.15) is 0 Å². The second-order valence-electron chi connectivity index (χ2n) is 6.79. The van der Waals surface area contributed by atoms with Crippen molar-refractivity contribution in [2.45, 2.75) is 13.5 Å². The molecule has 0 saturated carbocycles. The minimum atomic E-state index is -0.00314. The van der Waals surface area contributed by atoms with Gasteiger partial charge in [-0.25, -0.2) is 0 Å². The second kappa shape index (κ2) is 7.53. The van der Waals surface area contributed by atoms with Gasteiger partial charge in [-0.3, -0.25) is 4.79 Å². The lowest BCUT2D eigenvalue weighted by molar-refractivity contribution is -0.116. The van der Waals surface area contributed by atoms with Gasteiger partial charge in [-0.05, 0) is 64.2 Å². The third-order valence-electron chi connectivity index (χ3n) is 4.98. The van der Waals surface area contributed by atoms with Gasteiger partial charge in [-0.1, -0.05) is 48.0 Å². The Morgan fingerprint density at radius 3 is 2.54 bits per heavy atom. The molecule has 3 aromatic carbocycles. The number of hydrogen-bond acceptors (Lipinski definition) is 2. The Morgan fingerprint density at radius 2 is 1.75 bits per heavy atom. The summed E-state index contributed by atoms with van der Waals surface area (Å²) in [6, 6.07) is 19.9. The lowest BCUT2D eigenvalue weighted by Crippen LogP contribution is -2.29. The fraction of sp³-hybridized carbons (Fsp3) is 0.125. The van der Waals surface area contributed by atoms with Crippen molar-refractivity contribution in [3.05, 3.63) is 82.4 Å². The van der Waals surface area contributed by atoms with Crippen LogP contribution in [0.15, 0.2) is 60.7 Å². The first-order valence-corrected chi connectivity index (χ1v) is 9.46. The summed E-state index contributed by atoms with van der Waals surface area (Å²) in [6.07, 6.45) is 4.09. The number of carbonyl (C=O) groups is 1. The SMILES string of the molecule is COc1cccc(-c2ccc3c(c2)CN(C(C)=O)c2ccc(Cl)cc2C=C3)c1. The normalized spacial score (nSPS) is 12.6. The van der Waals surface area contributed by atoms with E-state index in [9.17, 15) is 4.79 Å². The first kappa shape index (κ1) is 18.3. The molecule has 0 unspecified atom stereocenters. The molecule has 1 aliphatic heterocycles. The molecule has 0 bridgehead atoms. The smallest absolute Gasteiger partial charge is 0.224 e. The Hall–Kier alpha value is -3.04. The Morgan fingerprint density at radius 1 is 0.964 bits per heavy atom. The molecule has 1 aliphatic rings. The Labute approximate surface area is 169 Å². The number of methoxy groups -OCH3 is 1. The maximum atomic E-state index is 12.4. The summed E-state index contributed by atoms with van der Waals surface area (Å²) >= 11 is 6.16. The number of fused-ring (bicyclic) bond motifs is 2. The number of rotatable bonds is 2. The van der Waals surface area contributed by atoms with Crippen molar-refractivity contribution in [1.29, 1.82) is 0 Å². The molecule has 3 aromatic rings. The maximum Gasteiger partial charge on any atom is 0.224 e. The van der Waals surface area contributed by atoms with Crippen LogP contribution in [0.5, 0.6) is 5.75 Å². The van der Waals surface area contributed by atoms with E-state index in [0.717, 1.165) is 39.3 Å². The molecular weight excluding hydrogens is 370 g/mol. The topological polar surface area (TPSA) is 29.5 Å². The number of carbonyl (C=O) groups excluding carboxylic acids is 1. The molecule has 4 heteroatoms. The standard InChI is InChI=1S/C24H20ClNO2/c1-16(27)26-15-21-12-19(18-4-3-5-23(14-18)28-2)8-6-17(21)7-9-20-13-22(25)10-11-24(20)26/h3-14H,15H2,1-2H3. The molecule has 28 heavy (non-hydrogen) atoms. The zero-order chi connectivity index (χ0) is 19.7. The van der Waals surface area contributed by atoms with E-state index >= 15 is 0 Å². The molecule has 0 atom stereocenters. The molecule has 0 aliphatic carbocycles. The summed E-state index contributed by atoms with van der Waals surface area (Å²) in [4.78, 5) is 14.2. The van der Waals surface area contributed by atoms with Crippen molar-refractivity contribution >= 4 is 35.3 Å². The maximum absolute atomic E-state index is 12.4. The van der Waals surface area contributed by atoms with Gasteiger partial charge in [0.25, 0.3) is 0 Å². The van der Waals surface area contributed by atoms with Crippen LogP contribution in [0.3, 0.4) is 0 Å². The van der Waals surface area contributed by atoms with Crippen molar-refractivity contribution in [2.75, 3.05) is 12.0 Å². The zero-order valence-electron chi connectivity index (χ0n) is 15.8. The average Bonchev–Trinajstić information content (AvgIpc) is 2.69. The molecule has 1 heterocycles. The highest BCUT2D eigenvalue weighted by Gasteiger charge is 2.19. The summed E-state index contributed by atoms with van der Waals surface area (Å²) in [7, 11) is 1.67. The van der Waals surface area contributed by atoms with E-state index in [-0.39, 0.29) is 5.91 Å². The summed E-state index contributed by atoms with van der Waals surface area (Å²) < 4.78 is 5.35. The van der Waals surface area contributed by atoms with Gasteiger partial charge < -0.3 is 9.64 Å². The highest BCUT2D eigenvalue weighted by atomic mass is 35.5. The van der Waals surface area contributed by atoms with Crippen molar-refractivity contribution < 1.29 is 9.53 Å². The minimum Gasteiger partial charge on any atom is -0.497 e. The van der Waals surface area contributed by atoms with Gasteiger partial charge in [0.05, 0.1) is 19.3 Å². The van der Waals surface area contributed by atoms with Gasteiger partial charge in [0, 0.05) is 11.9 Å². The third-order valence-corrected chi connectivity index (χ3v) is 5.21. The Balaban J connectivity index is 1.82. The molecule has 3 nitrogen and oxygen atoms in total. The first-order chi connectivity index (χ1) is 13.5. The molecule has 4 rings (SSSR count). The van der Waals surface area contributed by atoms with E-state index in [0.29, 0.717) is 11.6 Å². The summed E-state index contributed by atoms with van der Waals surface area (Å²) in [5, 5.41) is 0.654. The van der Waals surface area contributed by atoms with Crippen LogP contribution in [-0.2, 0) is 11.3 Å². The molecule has 0 radical (unpaired) electrons. The fourth-order valence-electron chi connectivity index (χ4n) is 3.51. The van der Waals surface area contributed by atoms with Crippen molar-refractivity contribution in [2.24, 2.45) is 0 Å². The van der Waals surface area contributed by atoms with Gasteiger partial charge in [0.15, 0.2) is 0 Å². The van der Waals surface area contributed by atoms with Crippen molar-refractivity contribution in [1.82, 2.24) is 0 Å². The highest BCUT2D eigenvalue weighted by molar-refractivity contribution is 6.30. The van der Waals surface area contributed by atoms with Crippen LogP contribution in [0.4, 0.5) is 5.69 Å². The van der Waals surface area contributed by atoms with Crippen LogP contribution in [-0.4, -0.2) is 13.0 Å². The number of anilines is 1. The predicted octanol–water partition coefficient (Wildman–Crippen LogP) is 6.05. The average molecular weight is 390 g/mol. The van der Waals surface area contributed by atoms with Crippen LogP contribution in [0.1, 0.15) is 23.6 Å². The van der Waals surface area contributed by atoms with Crippen LogP contribution in [0, 0.1) is 0 Å². The van der Waals surface area contributed by atoms with Crippen molar-refractivity contribution in [3.8, 4) is 16.9 Å². The van der Waals surface area contributed by atoms with Crippen LogP contribution < -0.4 is 9.64 Å². The number of benzene rings is 3. The van der Waals surface area contributed by atoms with E-state index in [1.807, 2.05) is 42.5 Å². The zero-order valence-corrected chi connectivity index (χ0v) is 16.5. The minimum absolute atomic E-state index is 0.00314. The molecule has 0 fully saturated rings. The fourth-order valence-corrected chi connectivity index (χ4v) is 3.69. The number of ether oxygens (including phenoxy) is 1. The quantitative estimate of drug-likeness (QED) is 0.533. The third kappa shape index (κ3) is 3.54. The highest BCUT2D eigenvalue weighted by Crippen LogP contribution is 2.33. The Bertz CT molecular complexity index is 1090. The van der Waals surface area contributed by atoms with E-state index in [2.05, 4.69) is 30.3 Å². The summed E-state index contributed by atoms with van der Waals surface area (Å²) in [5.74, 6) is 0.817. The molecule has 0 saturated heterocycles. The predicted molar refractivity (Wildman–Crippen MR) is 116 cm³/mol. The first-order valence-electron chi connectivity index (χ1n) is 9.08.